The number of carbonyl (C=O) groups is 2. The maximum atomic E-state index is 13.0. The van der Waals surface area contributed by atoms with Crippen molar-refractivity contribution in [1.29, 1.82) is 0 Å². The Kier molecular flexibility index (Phi) is 9.06. The van der Waals surface area contributed by atoms with E-state index in [2.05, 4.69) is 5.32 Å². The Morgan fingerprint density at radius 2 is 1.69 bits per heavy atom. The summed E-state index contributed by atoms with van der Waals surface area (Å²) in [6.07, 6.45) is 0. The number of ether oxygens (including phenoxy) is 1. The van der Waals surface area contributed by atoms with Crippen LogP contribution in [0.1, 0.15) is 26.3 Å². The van der Waals surface area contributed by atoms with E-state index >= 15 is 0 Å². The van der Waals surface area contributed by atoms with Crippen molar-refractivity contribution in [2.24, 2.45) is 5.92 Å². The lowest BCUT2D eigenvalue weighted by atomic mass is 10.1. The molecule has 0 heterocycles. The van der Waals surface area contributed by atoms with E-state index in [1.165, 1.54) is 11.8 Å². The summed E-state index contributed by atoms with van der Waals surface area (Å²) in [6.45, 7) is 6.83. The maximum absolute atomic E-state index is 13.0. The molecule has 0 aromatic heterocycles. The Morgan fingerprint density at radius 3 is 2.28 bits per heavy atom. The molecular weight excluding hydrogens is 384 g/mol. The fourth-order valence-corrected chi connectivity index (χ4v) is 3.51. The van der Waals surface area contributed by atoms with Gasteiger partial charge in [0.25, 0.3) is 0 Å². The van der Waals surface area contributed by atoms with Crippen molar-refractivity contribution in [3.63, 3.8) is 0 Å². The van der Waals surface area contributed by atoms with Crippen LogP contribution in [0.15, 0.2) is 59.5 Å². The Bertz CT molecular complexity index is 778. The molecule has 0 spiro atoms. The molecule has 29 heavy (non-hydrogen) atoms. The summed E-state index contributed by atoms with van der Waals surface area (Å²) < 4.78 is 5.20. The molecule has 2 aromatic carbocycles. The van der Waals surface area contributed by atoms with Gasteiger partial charge in [-0.1, -0.05) is 44.2 Å². The van der Waals surface area contributed by atoms with Crippen LogP contribution in [0.2, 0.25) is 0 Å². The average Bonchev–Trinajstić information content (AvgIpc) is 2.74. The van der Waals surface area contributed by atoms with Crippen molar-refractivity contribution in [2.45, 2.75) is 38.3 Å². The molecule has 2 amide bonds. The summed E-state index contributed by atoms with van der Waals surface area (Å²) in [6, 6.07) is 16.8. The Balaban J connectivity index is 2.11. The fourth-order valence-electron chi connectivity index (χ4n) is 2.71. The predicted octanol–water partition coefficient (Wildman–Crippen LogP) is 3.98. The summed E-state index contributed by atoms with van der Waals surface area (Å²) in [4.78, 5) is 28.3. The second-order valence-corrected chi connectivity index (χ2v) is 8.34. The minimum absolute atomic E-state index is 0.0677. The van der Waals surface area contributed by atoms with E-state index in [-0.39, 0.29) is 17.6 Å². The van der Waals surface area contributed by atoms with E-state index in [4.69, 9.17) is 4.74 Å². The zero-order valence-electron chi connectivity index (χ0n) is 17.6. The molecule has 2 rings (SSSR count). The van der Waals surface area contributed by atoms with Gasteiger partial charge in [0.05, 0.1) is 12.9 Å². The van der Waals surface area contributed by atoms with Crippen molar-refractivity contribution < 1.29 is 14.3 Å². The van der Waals surface area contributed by atoms with Gasteiger partial charge in [0, 0.05) is 18.0 Å². The van der Waals surface area contributed by atoms with E-state index in [1.807, 2.05) is 68.4 Å². The SMILES string of the molecule is COc1ccc(CN(C(=O)CSc2ccccc2)[C@H](C)C(=O)NCC(C)C)cc1. The summed E-state index contributed by atoms with van der Waals surface area (Å²) >= 11 is 1.48. The van der Waals surface area contributed by atoms with Crippen LogP contribution in [-0.2, 0) is 16.1 Å². The number of benzene rings is 2. The van der Waals surface area contributed by atoms with Crippen LogP contribution in [-0.4, -0.2) is 42.2 Å². The number of amides is 2. The maximum Gasteiger partial charge on any atom is 0.242 e. The zero-order valence-corrected chi connectivity index (χ0v) is 18.4. The van der Waals surface area contributed by atoms with Crippen molar-refractivity contribution in [3.05, 3.63) is 60.2 Å². The van der Waals surface area contributed by atoms with Crippen LogP contribution < -0.4 is 10.1 Å². The van der Waals surface area contributed by atoms with Crippen molar-refractivity contribution in [2.75, 3.05) is 19.4 Å². The van der Waals surface area contributed by atoms with Gasteiger partial charge in [0.15, 0.2) is 0 Å². The number of rotatable bonds is 10. The topological polar surface area (TPSA) is 58.6 Å². The summed E-state index contributed by atoms with van der Waals surface area (Å²) in [7, 11) is 1.62. The largest absolute Gasteiger partial charge is 0.497 e. The number of methoxy groups -OCH3 is 1. The average molecular weight is 415 g/mol. The van der Waals surface area contributed by atoms with E-state index in [0.29, 0.717) is 19.0 Å². The van der Waals surface area contributed by atoms with E-state index in [9.17, 15) is 9.59 Å². The van der Waals surface area contributed by atoms with Crippen LogP contribution in [0.5, 0.6) is 5.75 Å². The van der Waals surface area contributed by atoms with Gasteiger partial charge in [-0.15, -0.1) is 11.8 Å². The number of hydrogen-bond donors (Lipinski definition) is 1. The second kappa shape index (κ2) is 11.5. The summed E-state index contributed by atoms with van der Waals surface area (Å²) in [5, 5.41) is 2.94. The molecule has 1 N–H and O–H groups in total. The van der Waals surface area contributed by atoms with Gasteiger partial charge >= 0.3 is 0 Å². The molecule has 0 saturated carbocycles. The molecule has 5 nitrogen and oxygen atoms in total. The van der Waals surface area contributed by atoms with Gasteiger partial charge in [0.1, 0.15) is 11.8 Å². The van der Waals surface area contributed by atoms with Crippen LogP contribution in [0, 0.1) is 5.92 Å². The summed E-state index contributed by atoms with van der Waals surface area (Å²) in [5.74, 6) is 1.19. The lowest BCUT2D eigenvalue weighted by Crippen LogP contribution is -2.48. The van der Waals surface area contributed by atoms with Gasteiger partial charge in [-0.2, -0.15) is 0 Å². The number of hydrogen-bond acceptors (Lipinski definition) is 4. The third kappa shape index (κ3) is 7.46. The van der Waals surface area contributed by atoms with Gasteiger partial charge in [-0.05, 0) is 42.7 Å². The van der Waals surface area contributed by atoms with E-state index in [1.54, 1.807) is 18.9 Å². The predicted molar refractivity (Wildman–Crippen MR) is 118 cm³/mol. The van der Waals surface area contributed by atoms with Crippen LogP contribution in [0.4, 0.5) is 0 Å². The standard InChI is InChI=1S/C23H30N2O3S/c1-17(2)14-24-23(27)18(3)25(15-19-10-12-20(28-4)13-11-19)22(26)16-29-21-8-6-5-7-9-21/h5-13,17-18H,14-16H2,1-4H3,(H,24,27)/t18-/m1/s1. The van der Waals surface area contributed by atoms with Crippen LogP contribution >= 0.6 is 11.8 Å². The minimum Gasteiger partial charge on any atom is -0.497 e. The van der Waals surface area contributed by atoms with Crippen LogP contribution in [0.25, 0.3) is 0 Å². The zero-order chi connectivity index (χ0) is 21.2. The van der Waals surface area contributed by atoms with Gasteiger partial charge in [-0.25, -0.2) is 0 Å². The first kappa shape index (κ1) is 22.8. The third-order valence-electron chi connectivity index (χ3n) is 4.47. The lowest BCUT2D eigenvalue weighted by molar-refractivity contribution is -0.138. The molecule has 0 aliphatic heterocycles. The molecule has 156 valence electrons. The van der Waals surface area contributed by atoms with Gasteiger partial charge in [0.2, 0.25) is 11.8 Å². The number of nitrogens with one attached hydrogen (secondary N) is 1. The van der Waals surface area contributed by atoms with Crippen molar-refractivity contribution in [1.82, 2.24) is 10.2 Å². The highest BCUT2D eigenvalue weighted by molar-refractivity contribution is 8.00. The third-order valence-corrected chi connectivity index (χ3v) is 5.47. The first-order chi connectivity index (χ1) is 13.9. The smallest absolute Gasteiger partial charge is 0.242 e. The monoisotopic (exact) mass is 414 g/mol. The highest BCUT2D eigenvalue weighted by Crippen LogP contribution is 2.20. The number of carbonyl (C=O) groups excluding carboxylic acids is 2. The molecule has 0 radical (unpaired) electrons. The minimum atomic E-state index is -0.556. The highest BCUT2D eigenvalue weighted by atomic mass is 32.2. The molecule has 0 bridgehead atoms. The number of nitrogens with zero attached hydrogens (tertiary/aromatic N) is 1. The Labute approximate surface area is 177 Å². The molecule has 0 fully saturated rings. The second-order valence-electron chi connectivity index (χ2n) is 7.29. The molecule has 0 aliphatic rings. The summed E-state index contributed by atoms with van der Waals surface area (Å²) in [5.41, 5.74) is 0.951. The Morgan fingerprint density at radius 1 is 1.03 bits per heavy atom. The van der Waals surface area contributed by atoms with E-state index in [0.717, 1.165) is 16.2 Å². The van der Waals surface area contributed by atoms with Gasteiger partial charge < -0.3 is 15.0 Å². The molecule has 6 heteroatoms. The van der Waals surface area contributed by atoms with Crippen molar-refractivity contribution in [3.8, 4) is 5.75 Å². The van der Waals surface area contributed by atoms with Crippen molar-refractivity contribution >= 4 is 23.6 Å². The first-order valence-electron chi connectivity index (χ1n) is 9.78. The number of thioether (sulfide) groups is 1. The lowest BCUT2D eigenvalue weighted by Gasteiger charge is -2.29. The normalized spacial score (nSPS) is 11.8. The molecule has 0 saturated heterocycles. The molecule has 0 aliphatic carbocycles. The van der Waals surface area contributed by atoms with Gasteiger partial charge in [-0.3, -0.25) is 9.59 Å². The Hall–Kier alpha value is -2.47. The molecule has 2 aromatic rings. The molecular formula is C23H30N2O3S. The quantitative estimate of drug-likeness (QED) is 0.598. The van der Waals surface area contributed by atoms with Crippen LogP contribution in [0.3, 0.4) is 0 Å². The highest BCUT2D eigenvalue weighted by Gasteiger charge is 2.26. The molecule has 1 atom stereocenters. The van der Waals surface area contributed by atoms with E-state index < -0.39 is 6.04 Å². The fraction of sp³-hybridized carbons (Fsp3) is 0.391. The first-order valence-corrected chi connectivity index (χ1v) is 10.8. The molecule has 0 unspecified atom stereocenters.